The van der Waals surface area contributed by atoms with E-state index < -0.39 is 0 Å². The van der Waals surface area contributed by atoms with Gasteiger partial charge in [0, 0.05) is 12.1 Å². The Bertz CT molecular complexity index is 678. The average Bonchev–Trinajstić information content (AvgIpc) is 2.59. The van der Waals surface area contributed by atoms with E-state index in [-0.39, 0.29) is 18.3 Å². The van der Waals surface area contributed by atoms with Crippen molar-refractivity contribution in [1.82, 2.24) is 0 Å². The Morgan fingerprint density at radius 1 is 0.958 bits per heavy atom. The Morgan fingerprint density at radius 2 is 1.58 bits per heavy atom. The van der Waals surface area contributed by atoms with Crippen LogP contribution in [0.3, 0.4) is 0 Å². The summed E-state index contributed by atoms with van der Waals surface area (Å²) in [4.78, 5) is 22.9. The van der Waals surface area contributed by atoms with Gasteiger partial charge in [-0.25, -0.2) is 0 Å². The third-order valence-corrected chi connectivity index (χ3v) is 3.43. The molecule has 2 aromatic rings. The van der Waals surface area contributed by atoms with Crippen LogP contribution in [0, 0.1) is 0 Å². The number of methoxy groups -OCH3 is 1. The molecule has 24 heavy (non-hydrogen) atoms. The lowest BCUT2D eigenvalue weighted by Gasteiger charge is -2.08. The van der Waals surface area contributed by atoms with E-state index in [4.69, 9.17) is 9.47 Å². The molecule has 0 saturated carbocycles. The number of Topliss-reactive ketones (excluding diaryl/α,β-unsaturated/α-hetero) is 1. The predicted molar refractivity (Wildman–Crippen MR) is 92.6 cm³/mol. The zero-order chi connectivity index (χ0) is 17.4. The first-order valence-corrected chi connectivity index (χ1v) is 7.72. The SMILES string of the molecule is COc1ccc(NC(=O)COc2ccc(CCC(C)=O)cc2)cc1. The van der Waals surface area contributed by atoms with Crippen molar-refractivity contribution in [3.05, 3.63) is 54.1 Å². The number of aryl methyl sites for hydroxylation is 1. The van der Waals surface area contributed by atoms with E-state index in [9.17, 15) is 9.59 Å². The summed E-state index contributed by atoms with van der Waals surface area (Å²) < 4.78 is 10.5. The molecule has 5 heteroatoms. The fourth-order valence-electron chi connectivity index (χ4n) is 2.09. The molecule has 1 N–H and O–H groups in total. The molecule has 0 heterocycles. The lowest BCUT2D eigenvalue weighted by atomic mass is 10.1. The molecule has 2 aromatic carbocycles. The van der Waals surface area contributed by atoms with Gasteiger partial charge in [-0.3, -0.25) is 4.79 Å². The quantitative estimate of drug-likeness (QED) is 0.808. The number of hydrogen-bond acceptors (Lipinski definition) is 4. The van der Waals surface area contributed by atoms with Gasteiger partial charge in [-0.15, -0.1) is 0 Å². The maximum atomic E-state index is 11.9. The summed E-state index contributed by atoms with van der Waals surface area (Å²) >= 11 is 0. The number of amides is 1. The Labute approximate surface area is 141 Å². The first kappa shape index (κ1) is 17.5. The second kappa shape index (κ2) is 8.72. The molecular formula is C19H21NO4. The molecule has 2 rings (SSSR count). The predicted octanol–water partition coefficient (Wildman–Crippen LogP) is 3.23. The minimum atomic E-state index is -0.235. The second-order valence-electron chi connectivity index (χ2n) is 5.41. The van der Waals surface area contributed by atoms with Crippen LogP contribution in [0.5, 0.6) is 11.5 Å². The fourth-order valence-corrected chi connectivity index (χ4v) is 2.09. The smallest absolute Gasteiger partial charge is 0.262 e. The van der Waals surface area contributed by atoms with Gasteiger partial charge in [0.15, 0.2) is 6.61 Å². The highest BCUT2D eigenvalue weighted by Gasteiger charge is 2.04. The lowest BCUT2D eigenvalue weighted by molar-refractivity contribution is -0.118. The first-order chi connectivity index (χ1) is 11.6. The number of ketones is 1. The van der Waals surface area contributed by atoms with Gasteiger partial charge >= 0.3 is 0 Å². The monoisotopic (exact) mass is 327 g/mol. The summed E-state index contributed by atoms with van der Waals surface area (Å²) in [5, 5.41) is 2.75. The minimum absolute atomic E-state index is 0.0706. The van der Waals surface area contributed by atoms with Crippen LogP contribution in [0.1, 0.15) is 18.9 Å². The molecule has 0 saturated heterocycles. The first-order valence-electron chi connectivity index (χ1n) is 7.72. The van der Waals surface area contributed by atoms with Crippen molar-refractivity contribution in [3.63, 3.8) is 0 Å². The Hall–Kier alpha value is -2.82. The van der Waals surface area contributed by atoms with Gasteiger partial charge in [-0.2, -0.15) is 0 Å². The van der Waals surface area contributed by atoms with Crippen LogP contribution >= 0.6 is 0 Å². The summed E-state index contributed by atoms with van der Waals surface area (Å²) in [5.41, 5.74) is 1.75. The lowest BCUT2D eigenvalue weighted by Crippen LogP contribution is -2.20. The third-order valence-electron chi connectivity index (χ3n) is 3.43. The van der Waals surface area contributed by atoms with E-state index in [1.807, 2.05) is 12.1 Å². The van der Waals surface area contributed by atoms with Crippen LogP contribution in [-0.2, 0) is 16.0 Å². The molecule has 0 spiro atoms. The zero-order valence-corrected chi connectivity index (χ0v) is 13.9. The Kier molecular flexibility index (Phi) is 6.37. The number of hydrogen-bond donors (Lipinski definition) is 1. The minimum Gasteiger partial charge on any atom is -0.497 e. The summed E-state index contributed by atoms with van der Waals surface area (Å²) in [7, 11) is 1.59. The van der Waals surface area contributed by atoms with Crippen molar-refractivity contribution < 1.29 is 19.1 Å². The summed E-state index contributed by atoms with van der Waals surface area (Å²) in [6.07, 6.45) is 1.25. The van der Waals surface area contributed by atoms with E-state index in [1.165, 1.54) is 0 Å². The molecule has 0 unspecified atom stereocenters. The second-order valence-corrected chi connectivity index (χ2v) is 5.41. The highest BCUT2D eigenvalue weighted by molar-refractivity contribution is 5.91. The maximum absolute atomic E-state index is 11.9. The van der Waals surface area contributed by atoms with Crippen LogP contribution in [0.25, 0.3) is 0 Å². The van der Waals surface area contributed by atoms with E-state index in [0.29, 0.717) is 24.3 Å². The number of nitrogens with one attached hydrogen (secondary N) is 1. The van der Waals surface area contributed by atoms with Gasteiger partial charge < -0.3 is 19.6 Å². The molecule has 0 aliphatic carbocycles. The van der Waals surface area contributed by atoms with Crippen LogP contribution in [0.2, 0.25) is 0 Å². The highest BCUT2D eigenvalue weighted by Crippen LogP contribution is 2.16. The number of rotatable bonds is 8. The van der Waals surface area contributed by atoms with Gasteiger partial charge in [-0.1, -0.05) is 12.1 Å². The molecule has 0 fully saturated rings. The largest absolute Gasteiger partial charge is 0.497 e. The Morgan fingerprint density at radius 3 is 2.17 bits per heavy atom. The van der Waals surface area contributed by atoms with Gasteiger partial charge in [-0.05, 0) is 55.3 Å². The van der Waals surface area contributed by atoms with Crippen molar-refractivity contribution in [2.45, 2.75) is 19.8 Å². The van der Waals surface area contributed by atoms with Crippen molar-refractivity contribution in [2.75, 3.05) is 19.0 Å². The zero-order valence-electron chi connectivity index (χ0n) is 13.9. The number of carbonyl (C=O) groups excluding carboxylic acids is 2. The maximum Gasteiger partial charge on any atom is 0.262 e. The van der Waals surface area contributed by atoms with Crippen LogP contribution in [0.4, 0.5) is 5.69 Å². The molecule has 0 aliphatic rings. The summed E-state index contributed by atoms with van der Waals surface area (Å²) in [5.74, 6) is 1.28. The molecule has 1 amide bonds. The van der Waals surface area contributed by atoms with Gasteiger partial charge in [0.1, 0.15) is 17.3 Å². The van der Waals surface area contributed by atoms with Crippen LogP contribution in [-0.4, -0.2) is 25.4 Å². The third kappa shape index (κ3) is 5.76. The van der Waals surface area contributed by atoms with Crippen LogP contribution in [0.15, 0.2) is 48.5 Å². The van der Waals surface area contributed by atoms with Crippen molar-refractivity contribution >= 4 is 17.4 Å². The average molecular weight is 327 g/mol. The molecule has 0 atom stereocenters. The molecule has 126 valence electrons. The van der Waals surface area contributed by atoms with Gasteiger partial charge in [0.05, 0.1) is 7.11 Å². The molecule has 0 radical (unpaired) electrons. The van der Waals surface area contributed by atoms with E-state index in [2.05, 4.69) is 5.32 Å². The topological polar surface area (TPSA) is 64.6 Å². The number of carbonyl (C=O) groups is 2. The standard InChI is InChI=1S/C19H21NO4/c1-14(21)3-4-15-5-9-18(10-6-15)24-13-19(22)20-16-7-11-17(23-2)12-8-16/h5-12H,3-4,13H2,1-2H3,(H,20,22). The van der Waals surface area contributed by atoms with E-state index >= 15 is 0 Å². The molecule has 0 bridgehead atoms. The number of benzene rings is 2. The summed E-state index contributed by atoms with van der Waals surface area (Å²) in [6.45, 7) is 1.51. The van der Waals surface area contributed by atoms with Crippen LogP contribution < -0.4 is 14.8 Å². The van der Waals surface area contributed by atoms with E-state index in [0.717, 1.165) is 11.3 Å². The highest BCUT2D eigenvalue weighted by atomic mass is 16.5. The van der Waals surface area contributed by atoms with Gasteiger partial charge in [0.25, 0.3) is 5.91 Å². The van der Waals surface area contributed by atoms with Gasteiger partial charge in [0.2, 0.25) is 0 Å². The molecular weight excluding hydrogens is 306 g/mol. The van der Waals surface area contributed by atoms with Crippen molar-refractivity contribution in [2.24, 2.45) is 0 Å². The van der Waals surface area contributed by atoms with Crippen molar-refractivity contribution in [1.29, 1.82) is 0 Å². The van der Waals surface area contributed by atoms with E-state index in [1.54, 1.807) is 50.4 Å². The van der Waals surface area contributed by atoms with Crippen molar-refractivity contribution in [3.8, 4) is 11.5 Å². The molecule has 0 aliphatic heterocycles. The molecule has 5 nitrogen and oxygen atoms in total. The number of ether oxygens (including phenoxy) is 2. The molecule has 0 aromatic heterocycles. The fraction of sp³-hybridized carbons (Fsp3) is 0.263. The normalized spacial score (nSPS) is 10.1. The summed E-state index contributed by atoms with van der Waals surface area (Å²) in [6, 6.07) is 14.5. The Balaban J connectivity index is 1.79. The number of anilines is 1.